The number of nitriles is 1. The zero-order valence-electron chi connectivity index (χ0n) is 13.2. The van der Waals surface area contributed by atoms with Crippen LogP contribution in [0, 0.1) is 29.1 Å². The van der Waals surface area contributed by atoms with Gasteiger partial charge >= 0.3 is 0 Å². The molecule has 0 spiro atoms. The molecule has 0 aromatic rings. The molecule has 0 aromatic carbocycles. The smallest absolute Gasteiger partial charge is 0.0655 e. The second-order valence-corrected chi connectivity index (χ2v) is 6.86. The van der Waals surface area contributed by atoms with E-state index in [-0.39, 0.29) is 0 Å². The third-order valence-electron chi connectivity index (χ3n) is 5.44. The minimum atomic E-state index is 0.351. The van der Waals surface area contributed by atoms with Crippen LogP contribution < -0.4 is 0 Å². The molecule has 0 radical (unpaired) electrons. The molecular weight excluding hydrogens is 246 g/mol. The minimum Gasteiger partial charge on any atom is -0.378 e. The summed E-state index contributed by atoms with van der Waals surface area (Å²) in [7, 11) is 0. The Bertz CT molecular complexity index is 293. The quantitative estimate of drug-likeness (QED) is 0.634. The zero-order valence-corrected chi connectivity index (χ0v) is 13.2. The fourth-order valence-corrected chi connectivity index (χ4v) is 4.05. The van der Waals surface area contributed by atoms with E-state index in [1.165, 1.54) is 57.8 Å². The van der Waals surface area contributed by atoms with E-state index in [9.17, 15) is 0 Å². The molecule has 20 heavy (non-hydrogen) atoms. The van der Waals surface area contributed by atoms with Gasteiger partial charge in [-0.25, -0.2) is 0 Å². The molecule has 0 unspecified atom stereocenters. The van der Waals surface area contributed by atoms with E-state index < -0.39 is 0 Å². The van der Waals surface area contributed by atoms with Gasteiger partial charge in [0, 0.05) is 12.5 Å². The number of ether oxygens (including phenoxy) is 1. The summed E-state index contributed by atoms with van der Waals surface area (Å²) < 4.78 is 6.01. The molecule has 0 N–H and O–H groups in total. The topological polar surface area (TPSA) is 33.0 Å². The van der Waals surface area contributed by atoms with E-state index in [1.54, 1.807) is 0 Å². The average Bonchev–Trinajstić information content (AvgIpc) is 2.52. The monoisotopic (exact) mass is 277 g/mol. The summed E-state index contributed by atoms with van der Waals surface area (Å²) in [4.78, 5) is 0. The zero-order chi connectivity index (χ0) is 14.2. The Morgan fingerprint density at radius 3 is 2.05 bits per heavy atom. The van der Waals surface area contributed by atoms with Crippen molar-refractivity contribution in [3.63, 3.8) is 0 Å². The van der Waals surface area contributed by atoms with Crippen molar-refractivity contribution in [3.8, 4) is 6.07 Å². The maximum Gasteiger partial charge on any atom is 0.0655 e. The van der Waals surface area contributed by atoms with E-state index in [0.717, 1.165) is 31.3 Å². The first-order valence-electron chi connectivity index (χ1n) is 8.84. The van der Waals surface area contributed by atoms with Gasteiger partial charge in [-0.15, -0.1) is 0 Å². The molecule has 0 heterocycles. The lowest BCUT2D eigenvalue weighted by Crippen LogP contribution is -2.28. The third-order valence-corrected chi connectivity index (χ3v) is 5.44. The van der Waals surface area contributed by atoms with Crippen molar-refractivity contribution >= 4 is 0 Å². The van der Waals surface area contributed by atoms with Crippen molar-refractivity contribution in [3.05, 3.63) is 0 Å². The van der Waals surface area contributed by atoms with E-state index in [4.69, 9.17) is 10.00 Å². The summed E-state index contributed by atoms with van der Waals surface area (Å²) in [5, 5.41) is 8.98. The molecule has 2 aliphatic rings. The summed E-state index contributed by atoms with van der Waals surface area (Å²) in [6.07, 6.45) is 14.5. The van der Waals surface area contributed by atoms with E-state index in [2.05, 4.69) is 13.0 Å². The SMILES string of the molecule is CCCCCOC1CCC(C2CCC(C#N)CC2)CC1. The van der Waals surface area contributed by atoms with Crippen LogP contribution in [0.15, 0.2) is 0 Å². The molecule has 0 aromatic heterocycles. The summed E-state index contributed by atoms with van der Waals surface area (Å²) in [5.41, 5.74) is 0. The Kier molecular flexibility index (Phi) is 6.87. The van der Waals surface area contributed by atoms with Gasteiger partial charge in [0.25, 0.3) is 0 Å². The highest BCUT2D eigenvalue weighted by Gasteiger charge is 2.30. The van der Waals surface area contributed by atoms with Crippen molar-refractivity contribution < 1.29 is 4.74 Å². The molecule has 114 valence electrons. The maximum absolute atomic E-state index is 8.98. The Hall–Kier alpha value is -0.550. The van der Waals surface area contributed by atoms with Gasteiger partial charge < -0.3 is 4.74 Å². The van der Waals surface area contributed by atoms with Gasteiger partial charge in [-0.2, -0.15) is 5.26 Å². The maximum atomic E-state index is 8.98. The second-order valence-electron chi connectivity index (χ2n) is 6.86. The molecular formula is C18H31NO. The Labute approximate surface area is 124 Å². The molecule has 2 saturated carbocycles. The number of hydrogen-bond donors (Lipinski definition) is 0. The number of rotatable bonds is 6. The fourth-order valence-electron chi connectivity index (χ4n) is 4.05. The first-order valence-corrected chi connectivity index (χ1v) is 8.84. The summed E-state index contributed by atoms with van der Waals surface area (Å²) in [6.45, 7) is 3.21. The van der Waals surface area contributed by atoms with E-state index >= 15 is 0 Å². The first-order chi connectivity index (χ1) is 9.83. The van der Waals surface area contributed by atoms with Crippen LogP contribution in [0.25, 0.3) is 0 Å². The van der Waals surface area contributed by atoms with Crippen LogP contribution >= 0.6 is 0 Å². The molecule has 2 heteroatoms. The molecule has 0 bridgehead atoms. The highest BCUT2D eigenvalue weighted by Crippen LogP contribution is 2.40. The predicted molar refractivity (Wildman–Crippen MR) is 82.3 cm³/mol. The van der Waals surface area contributed by atoms with Crippen LogP contribution in [0.5, 0.6) is 0 Å². The lowest BCUT2D eigenvalue weighted by molar-refractivity contribution is 0.00614. The van der Waals surface area contributed by atoms with Crippen LogP contribution in [0.4, 0.5) is 0 Å². The van der Waals surface area contributed by atoms with Crippen LogP contribution in [0.1, 0.15) is 77.6 Å². The van der Waals surface area contributed by atoms with Gasteiger partial charge in [0.15, 0.2) is 0 Å². The summed E-state index contributed by atoms with van der Waals surface area (Å²) >= 11 is 0. The van der Waals surface area contributed by atoms with Crippen molar-refractivity contribution in [2.45, 2.75) is 83.7 Å². The number of nitrogens with zero attached hydrogens (tertiary/aromatic N) is 1. The van der Waals surface area contributed by atoms with E-state index in [1.807, 2.05) is 0 Å². The normalized spacial score (nSPS) is 34.6. The van der Waals surface area contributed by atoms with Crippen molar-refractivity contribution in [1.29, 1.82) is 5.26 Å². The fraction of sp³-hybridized carbons (Fsp3) is 0.944. The van der Waals surface area contributed by atoms with Gasteiger partial charge in [-0.05, 0) is 69.6 Å². The number of hydrogen-bond acceptors (Lipinski definition) is 2. The van der Waals surface area contributed by atoms with Crippen molar-refractivity contribution in [1.82, 2.24) is 0 Å². The van der Waals surface area contributed by atoms with Crippen LogP contribution in [-0.4, -0.2) is 12.7 Å². The highest BCUT2D eigenvalue weighted by atomic mass is 16.5. The lowest BCUT2D eigenvalue weighted by Gasteiger charge is -2.36. The van der Waals surface area contributed by atoms with Gasteiger partial charge in [0.2, 0.25) is 0 Å². The summed E-state index contributed by atoms with van der Waals surface area (Å²) in [6, 6.07) is 2.45. The van der Waals surface area contributed by atoms with Crippen LogP contribution in [0.3, 0.4) is 0 Å². The lowest BCUT2D eigenvalue weighted by atomic mass is 9.71. The standard InChI is InChI=1S/C18H31NO/c1-2-3-4-13-20-18-11-9-17(10-12-18)16-7-5-15(14-19)6-8-16/h15-18H,2-13H2,1H3. The molecule has 2 aliphatic carbocycles. The molecule has 0 amide bonds. The molecule has 2 rings (SSSR count). The number of unbranched alkanes of at least 4 members (excludes halogenated alkanes) is 2. The second kappa shape index (κ2) is 8.67. The average molecular weight is 277 g/mol. The molecule has 0 atom stereocenters. The minimum absolute atomic E-state index is 0.351. The van der Waals surface area contributed by atoms with Gasteiger partial charge in [-0.1, -0.05) is 19.8 Å². The van der Waals surface area contributed by atoms with Crippen LogP contribution in [-0.2, 0) is 4.74 Å². The third kappa shape index (κ3) is 4.77. The highest BCUT2D eigenvalue weighted by molar-refractivity contribution is 4.89. The first kappa shape index (κ1) is 15.8. The van der Waals surface area contributed by atoms with Crippen molar-refractivity contribution in [2.75, 3.05) is 6.61 Å². The van der Waals surface area contributed by atoms with Crippen LogP contribution in [0.2, 0.25) is 0 Å². The molecule has 2 fully saturated rings. The van der Waals surface area contributed by atoms with Gasteiger partial charge in [-0.3, -0.25) is 0 Å². The largest absolute Gasteiger partial charge is 0.378 e. The van der Waals surface area contributed by atoms with Crippen molar-refractivity contribution in [2.24, 2.45) is 17.8 Å². The molecule has 0 saturated heterocycles. The molecule has 0 aliphatic heterocycles. The van der Waals surface area contributed by atoms with E-state index in [0.29, 0.717) is 12.0 Å². The predicted octanol–water partition coefficient (Wildman–Crippen LogP) is 5.08. The Morgan fingerprint density at radius 2 is 1.50 bits per heavy atom. The summed E-state index contributed by atoms with van der Waals surface area (Å²) in [5.74, 6) is 2.18. The molecule has 2 nitrogen and oxygen atoms in total. The Balaban J connectivity index is 1.61. The Morgan fingerprint density at radius 1 is 0.900 bits per heavy atom. The van der Waals surface area contributed by atoms with Gasteiger partial charge in [0.1, 0.15) is 0 Å². The van der Waals surface area contributed by atoms with Gasteiger partial charge in [0.05, 0.1) is 12.2 Å².